The summed E-state index contributed by atoms with van der Waals surface area (Å²) in [6.45, 7) is 1.81. The van der Waals surface area contributed by atoms with Gasteiger partial charge in [-0.2, -0.15) is 5.10 Å². The van der Waals surface area contributed by atoms with E-state index in [1.807, 2.05) is 60.2 Å². The third-order valence-electron chi connectivity index (χ3n) is 5.69. The summed E-state index contributed by atoms with van der Waals surface area (Å²) in [4.78, 5) is 20.5. The second-order valence-corrected chi connectivity index (χ2v) is 7.73. The van der Waals surface area contributed by atoms with Gasteiger partial charge in [-0.25, -0.2) is 0 Å². The molecule has 3 aromatic rings. The molecule has 2 atom stereocenters. The Balaban J connectivity index is 1.52. The molecule has 1 aliphatic rings. The van der Waals surface area contributed by atoms with Gasteiger partial charge in [0, 0.05) is 49.3 Å². The number of H-pyrrole nitrogens is 1. The predicted octanol–water partition coefficient (Wildman–Crippen LogP) is 3.06. The second kappa shape index (κ2) is 7.19. The third kappa shape index (κ3) is 3.49. The minimum absolute atomic E-state index is 0.0457. The van der Waals surface area contributed by atoms with Crippen LogP contribution in [0.2, 0.25) is 0 Å². The summed E-state index contributed by atoms with van der Waals surface area (Å²) in [6, 6.07) is 10.2. The molecule has 2 aromatic heterocycles. The molecular weight excluding hydrogens is 338 g/mol. The number of aromatic nitrogens is 3. The first-order valence-corrected chi connectivity index (χ1v) is 9.55. The summed E-state index contributed by atoms with van der Waals surface area (Å²) in [5.41, 5.74) is 2.89. The normalized spacial score (nSPS) is 20.9. The van der Waals surface area contributed by atoms with Crippen molar-refractivity contribution in [3.8, 4) is 0 Å². The van der Waals surface area contributed by atoms with Crippen LogP contribution in [0.15, 0.2) is 42.7 Å². The number of hydrogen-bond acceptors (Lipinski definition) is 3. The van der Waals surface area contributed by atoms with E-state index in [2.05, 4.69) is 28.2 Å². The average molecular weight is 365 g/mol. The van der Waals surface area contributed by atoms with Crippen LogP contribution in [-0.4, -0.2) is 57.7 Å². The Labute approximate surface area is 159 Å². The first-order valence-electron chi connectivity index (χ1n) is 9.55. The van der Waals surface area contributed by atoms with Crippen LogP contribution in [0.5, 0.6) is 0 Å². The van der Waals surface area contributed by atoms with Crippen molar-refractivity contribution in [1.82, 2.24) is 24.6 Å². The number of carbonyl (C=O) groups is 1. The summed E-state index contributed by atoms with van der Waals surface area (Å²) in [6.07, 6.45) is 6.33. The van der Waals surface area contributed by atoms with Crippen LogP contribution in [0.25, 0.3) is 10.9 Å². The van der Waals surface area contributed by atoms with Crippen LogP contribution >= 0.6 is 0 Å². The monoisotopic (exact) mass is 365 g/mol. The molecule has 0 saturated carbocycles. The number of nitrogens with zero attached hydrogens (tertiary/aromatic N) is 4. The molecule has 1 amide bonds. The first-order chi connectivity index (χ1) is 13.0. The number of benzene rings is 1. The molecular formula is C21H27N5O. The smallest absolute Gasteiger partial charge is 0.270 e. The van der Waals surface area contributed by atoms with Gasteiger partial charge in [0.05, 0.1) is 6.20 Å². The number of piperidine rings is 1. The second-order valence-electron chi connectivity index (χ2n) is 7.73. The summed E-state index contributed by atoms with van der Waals surface area (Å²) in [7, 11) is 6.03. The van der Waals surface area contributed by atoms with Gasteiger partial charge in [0.2, 0.25) is 0 Å². The molecule has 4 rings (SSSR count). The molecule has 1 aliphatic heterocycles. The van der Waals surface area contributed by atoms with Gasteiger partial charge in [-0.15, -0.1) is 0 Å². The van der Waals surface area contributed by atoms with Crippen LogP contribution in [0.1, 0.15) is 34.9 Å². The van der Waals surface area contributed by atoms with Crippen LogP contribution in [0.4, 0.5) is 0 Å². The van der Waals surface area contributed by atoms with Gasteiger partial charge in [-0.1, -0.05) is 18.2 Å². The molecule has 3 heterocycles. The first kappa shape index (κ1) is 17.8. The number of amides is 1. The van der Waals surface area contributed by atoms with Crippen LogP contribution in [0.3, 0.4) is 0 Å². The third-order valence-corrected chi connectivity index (χ3v) is 5.69. The van der Waals surface area contributed by atoms with Gasteiger partial charge in [-0.3, -0.25) is 14.4 Å². The van der Waals surface area contributed by atoms with Crippen molar-refractivity contribution in [3.63, 3.8) is 0 Å². The van der Waals surface area contributed by atoms with Crippen LogP contribution < -0.4 is 0 Å². The number of hydrogen-bond donors (Lipinski definition) is 1. The highest BCUT2D eigenvalue weighted by Crippen LogP contribution is 2.35. The number of aryl methyl sites for hydroxylation is 1. The van der Waals surface area contributed by atoms with E-state index in [-0.39, 0.29) is 5.91 Å². The van der Waals surface area contributed by atoms with Crippen LogP contribution in [-0.2, 0) is 7.05 Å². The number of aromatic amines is 1. The lowest BCUT2D eigenvalue weighted by atomic mass is 9.85. The summed E-state index contributed by atoms with van der Waals surface area (Å²) in [5, 5.41) is 5.42. The average Bonchev–Trinajstić information content (AvgIpc) is 3.27. The van der Waals surface area contributed by atoms with Crippen molar-refractivity contribution < 1.29 is 4.79 Å². The minimum atomic E-state index is 0.0457. The highest BCUT2D eigenvalue weighted by Gasteiger charge is 2.33. The Morgan fingerprint density at radius 1 is 1.33 bits per heavy atom. The Morgan fingerprint density at radius 2 is 2.15 bits per heavy atom. The quantitative estimate of drug-likeness (QED) is 0.773. The number of rotatable bonds is 4. The van der Waals surface area contributed by atoms with Crippen molar-refractivity contribution >= 4 is 16.8 Å². The molecule has 27 heavy (non-hydrogen) atoms. The van der Waals surface area contributed by atoms with Gasteiger partial charge >= 0.3 is 0 Å². The van der Waals surface area contributed by atoms with Gasteiger partial charge in [0.1, 0.15) is 5.69 Å². The Morgan fingerprint density at radius 3 is 2.89 bits per heavy atom. The number of nitrogens with one attached hydrogen (secondary N) is 1. The highest BCUT2D eigenvalue weighted by atomic mass is 16.2. The molecule has 142 valence electrons. The SMILES string of the molecule is CN(C[C@@H]1CCCN(C)[C@H]1c1cnn(C)c1)C(=O)c1cc2ccccc2[nH]1. The fraction of sp³-hybridized carbons (Fsp3) is 0.429. The zero-order valence-corrected chi connectivity index (χ0v) is 16.2. The van der Waals surface area contributed by atoms with Gasteiger partial charge in [0.25, 0.3) is 5.91 Å². The zero-order chi connectivity index (χ0) is 19.0. The minimum Gasteiger partial charge on any atom is -0.351 e. The molecule has 1 saturated heterocycles. The molecule has 1 fully saturated rings. The lowest BCUT2D eigenvalue weighted by Gasteiger charge is -2.40. The molecule has 6 nitrogen and oxygen atoms in total. The summed E-state index contributed by atoms with van der Waals surface area (Å²) >= 11 is 0. The van der Waals surface area contributed by atoms with Crippen molar-refractivity contribution in [1.29, 1.82) is 0 Å². The number of likely N-dealkylation sites (tertiary alicyclic amines) is 1. The van der Waals surface area contributed by atoms with E-state index < -0.39 is 0 Å². The van der Waals surface area contributed by atoms with E-state index in [0.717, 1.165) is 36.8 Å². The number of fused-ring (bicyclic) bond motifs is 1. The molecule has 0 bridgehead atoms. The molecule has 1 aromatic carbocycles. The predicted molar refractivity (Wildman–Crippen MR) is 107 cm³/mol. The molecule has 1 N–H and O–H groups in total. The van der Waals surface area contributed by atoms with Crippen LogP contribution in [0, 0.1) is 5.92 Å². The maximum atomic E-state index is 13.0. The Hall–Kier alpha value is -2.60. The molecule has 0 aliphatic carbocycles. The van der Waals surface area contributed by atoms with E-state index in [1.54, 1.807) is 0 Å². The van der Waals surface area contributed by atoms with E-state index in [9.17, 15) is 4.79 Å². The largest absolute Gasteiger partial charge is 0.351 e. The number of carbonyl (C=O) groups excluding carboxylic acids is 1. The van der Waals surface area contributed by atoms with E-state index in [4.69, 9.17) is 0 Å². The topological polar surface area (TPSA) is 57.2 Å². The Kier molecular flexibility index (Phi) is 4.74. The lowest BCUT2D eigenvalue weighted by molar-refractivity contribution is 0.0641. The van der Waals surface area contributed by atoms with E-state index in [0.29, 0.717) is 17.7 Å². The molecule has 6 heteroatoms. The maximum Gasteiger partial charge on any atom is 0.270 e. The maximum absolute atomic E-state index is 13.0. The molecule has 0 unspecified atom stereocenters. The van der Waals surface area contributed by atoms with Gasteiger partial charge in [-0.05, 0) is 44.5 Å². The fourth-order valence-corrected chi connectivity index (χ4v) is 4.40. The van der Waals surface area contributed by atoms with Gasteiger partial charge < -0.3 is 9.88 Å². The van der Waals surface area contributed by atoms with Crippen molar-refractivity contribution in [2.24, 2.45) is 13.0 Å². The lowest BCUT2D eigenvalue weighted by Crippen LogP contribution is -2.42. The highest BCUT2D eigenvalue weighted by molar-refractivity contribution is 5.97. The molecule has 0 spiro atoms. The molecule has 0 radical (unpaired) electrons. The van der Waals surface area contributed by atoms with Crippen molar-refractivity contribution in [2.75, 3.05) is 27.2 Å². The summed E-state index contributed by atoms with van der Waals surface area (Å²) in [5.74, 6) is 0.440. The van der Waals surface area contributed by atoms with Crippen molar-refractivity contribution in [3.05, 3.63) is 54.0 Å². The van der Waals surface area contributed by atoms with Crippen molar-refractivity contribution in [2.45, 2.75) is 18.9 Å². The van der Waals surface area contributed by atoms with E-state index in [1.165, 1.54) is 5.56 Å². The summed E-state index contributed by atoms with van der Waals surface area (Å²) < 4.78 is 1.86. The van der Waals surface area contributed by atoms with E-state index >= 15 is 0 Å². The fourth-order valence-electron chi connectivity index (χ4n) is 4.40. The van der Waals surface area contributed by atoms with Gasteiger partial charge in [0.15, 0.2) is 0 Å². The standard InChI is InChI=1S/C21H27N5O/c1-24-10-6-8-16(20(24)17-12-22-26(3)14-17)13-25(2)21(27)19-11-15-7-4-5-9-18(15)23-19/h4-5,7,9,11-12,14,16,20,23H,6,8,10,13H2,1-3H3/t16-,20+/m0/s1. The zero-order valence-electron chi connectivity index (χ0n) is 16.2. The number of para-hydroxylation sites is 1. The Bertz CT molecular complexity index is 910.